The maximum Gasteiger partial charge on any atom is 0.195 e. The van der Waals surface area contributed by atoms with Crippen LogP contribution >= 0.6 is 11.8 Å². The minimum atomic E-state index is 0.843. The average Bonchev–Trinajstić information content (AvgIpc) is 2.80. The van der Waals surface area contributed by atoms with Gasteiger partial charge in [0.15, 0.2) is 5.16 Å². The number of thioether (sulfide) groups is 1. The summed E-state index contributed by atoms with van der Waals surface area (Å²) >= 11 is 1.75. The van der Waals surface area contributed by atoms with Crippen molar-refractivity contribution in [2.45, 2.75) is 31.8 Å². The zero-order valence-corrected chi connectivity index (χ0v) is 12.4. The highest BCUT2D eigenvalue weighted by Gasteiger charge is 2.11. The highest BCUT2D eigenvalue weighted by atomic mass is 32.2. The zero-order valence-electron chi connectivity index (χ0n) is 11.6. The molecule has 5 heteroatoms. The van der Waals surface area contributed by atoms with E-state index in [-0.39, 0.29) is 0 Å². The predicted molar refractivity (Wildman–Crippen MR) is 78.3 cm³/mol. The minimum Gasteiger partial charge on any atom is -0.497 e. The molecule has 1 aromatic heterocycles. The Morgan fingerprint density at radius 3 is 2.89 bits per heavy atom. The summed E-state index contributed by atoms with van der Waals surface area (Å²) in [5, 5.41) is 9.38. The van der Waals surface area contributed by atoms with Gasteiger partial charge < -0.3 is 4.74 Å². The number of rotatable bonds is 6. The molecule has 0 saturated carbocycles. The molecule has 0 spiro atoms. The standard InChI is InChI=1S/C14H19N3OS/c1-4-5-9-19-14-16-15-11(2)17(14)12-7-6-8-13(10-12)18-3/h6-8,10H,4-5,9H2,1-3H3. The third kappa shape index (κ3) is 3.29. The molecule has 0 aliphatic carbocycles. The topological polar surface area (TPSA) is 39.9 Å². The van der Waals surface area contributed by atoms with E-state index < -0.39 is 0 Å². The lowest BCUT2D eigenvalue weighted by molar-refractivity contribution is 0.414. The van der Waals surface area contributed by atoms with Gasteiger partial charge in [0.05, 0.1) is 12.8 Å². The summed E-state index contributed by atoms with van der Waals surface area (Å²) in [6.45, 7) is 4.16. The maximum absolute atomic E-state index is 5.27. The largest absolute Gasteiger partial charge is 0.497 e. The van der Waals surface area contributed by atoms with Gasteiger partial charge >= 0.3 is 0 Å². The van der Waals surface area contributed by atoms with Gasteiger partial charge in [-0.3, -0.25) is 4.57 Å². The van der Waals surface area contributed by atoms with Crippen LogP contribution in [-0.4, -0.2) is 27.6 Å². The number of methoxy groups -OCH3 is 1. The van der Waals surface area contributed by atoms with E-state index in [2.05, 4.69) is 21.7 Å². The summed E-state index contributed by atoms with van der Waals surface area (Å²) in [7, 11) is 1.68. The van der Waals surface area contributed by atoms with Crippen LogP contribution in [0.5, 0.6) is 5.75 Å². The van der Waals surface area contributed by atoms with Crippen molar-refractivity contribution in [3.05, 3.63) is 30.1 Å². The molecule has 0 unspecified atom stereocenters. The predicted octanol–water partition coefficient (Wildman–Crippen LogP) is 3.48. The zero-order chi connectivity index (χ0) is 13.7. The highest BCUT2D eigenvalue weighted by Crippen LogP contribution is 2.24. The van der Waals surface area contributed by atoms with Gasteiger partial charge in [0, 0.05) is 11.8 Å². The Hall–Kier alpha value is -1.49. The molecule has 0 N–H and O–H groups in total. The van der Waals surface area contributed by atoms with Crippen LogP contribution in [0.3, 0.4) is 0 Å². The van der Waals surface area contributed by atoms with Crippen molar-refractivity contribution in [3.63, 3.8) is 0 Å². The Morgan fingerprint density at radius 2 is 2.16 bits per heavy atom. The van der Waals surface area contributed by atoms with Gasteiger partial charge in [0.1, 0.15) is 11.6 Å². The quantitative estimate of drug-likeness (QED) is 0.598. The van der Waals surface area contributed by atoms with Crippen LogP contribution in [-0.2, 0) is 0 Å². The fraction of sp³-hybridized carbons (Fsp3) is 0.429. The smallest absolute Gasteiger partial charge is 0.195 e. The molecule has 0 bridgehead atoms. The van der Waals surface area contributed by atoms with Crippen LogP contribution in [0.25, 0.3) is 5.69 Å². The summed E-state index contributed by atoms with van der Waals surface area (Å²) in [6, 6.07) is 7.96. The molecule has 1 heterocycles. The lowest BCUT2D eigenvalue weighted by Crippen LogP contribution is -2.00. The molecule has 0 fully saturated rings. The molecule has 0 saturated heterocycles. The fourth-order valence-electron chi connectivity index (χ4n) is 1.79. The molecule has 19 heavy (non-hydrogen) atoms. The van der Waals surface area contributed by atoms with Gasteiger partial charge in [0.2, 0.25) is 0 Å². The molecule has 4 nitrogen and oxygen atoms in total. The number of aromatic nitrogens is 3. The first-order chi connectivity index (χ1) is 9.26. The Labute approximate surface area is 118 Å². The van der Waals surface area contributed by atoms with E-state index in [9.17, 15) is 0 Å². The molecule has 0 amide bonds. The van der Waals surface area contributed by atoms with Crippen molar-refractivity contribution < 1.29 is 4.74 Å². The number of ether oxygens (including phenoxy) is 1. The lowest BCUT2D eigenvalue weighted by Gasteiger charge is -2.09. The van der Waals surface area contributed by atoms with Crippen molar-refractivity contribution in [1.82, 2.24) is 14.8 Å². The number of unbranched alkanes of at least 4 members (excludes halogenated alkanes) is 1. The van der Waals surface area contributed by atoms with Gasteiger partial charge in [0.25, 0.3) is 0 Å². The molecule has 1 aromatic carbocycles. The summed E-state index contributed by atoms with van der Waals surface area (Å²) < 4.78 is 7.34. The first kappa shape index (κ1) is 13.9. The summed E-state index contributed by atoms with van der Waals surface area (Å²) in [5.74, 6) is 2.81. The maximum atomic E-state index is 5.27. The van der Waals surface area contributed by atoms with Crippen LogP contribution in [0.1, 0.15) is 25.6 Å². The molecule has 2 rings (SSSR count). The van der Waals surface area contributed by atoms with E-state index in [1.165, 1.54) is 12.8 Å². The van der Waals surface area contributed by atoms with Gasteiger partial charge in [-0.2, -0.15) is 0 Å². The molecule has 0 aliphatic heterocycles. The summed E-state index contributed by atoms with van der Waals surface area (Å²) in [6.07, 6.45) is 2.38. The van der Waals surface area contributed by atoms with Gasteiger partial charge in [-0.1, -0.05) is 31.2 Å². The second-order valence-corrected chi connectivity index (χ2v) is 5.33. The molecule has 0 aliphatic rings. The van der Waals surface area contributed by atoms with Crippen molar-refractivity contribution >= 4 is 11.8 Å². The Bertz CT molecular complexity index is 539. The molecular formula is C14H19N3OS. The average molecular weight is 277 g/mol. The van der Waals surface area contributed by atoms with Crippen LogP contribution < -0.4 is 4.74 Å². The fourth-order valence-corrected chi connectivity index (χ4v) is 2.87. The van der Waals surface area contributed by atoms with Crippen LogP contribution in [0.4, 0.5) is 0 Å². The molecule has 0 radical (unpaired) electrons. The third-order valence-corrected chi connectivity index (χ3v) is 3.85. The van der Waals surface area contributed by atoms with Crippen molar-refractivity contribution in [2.24, 2.45) is 0 Å². The van der Waals surface area contributed by atoms with Gasteiger partial charge in [-0.05, 0) is 25.5 Å². The Morgan fingerprint density at radius 1 is 1.32 bits per heavy atom. The first-order valence-corrected chi connectivity index (χ1v) is 7.44. The number of nitrogens with zero attached hydrogens (tertiary/aromatic N) is 3. The normalized spacial score (nSPS) is 10.7. The Balaban J connectivity index is 2.29. The van der Waals surface area contributed by atoms with Gasteiger partial charge in [-0.15, -0.1) is 10.2 Å². The minimum absolute atomic E-state index is 0.843. The second kappa shape index (κ2) is 6.61. The van der Waals surface area contributed by atoms with E-state index >= 15 is 0 Å². The number of benzene rings is 1. The van der Waals surface area contributed by atoms with Crippen molar-refractivity contribution in [3.8, 4) is 11.4 Å². The van der Waals surface area contributed by atoms with Crippen molar-refractivity contribution in [2.75, 3.05) is 12.9 Å². The highest BCUT2D eigenvalue weighted by molar-refractivity contribution is 7.99. The number of hydrogen-bond donors (Lipinski definition) is 0. The lowest BCUT2D eigenvalue weighted by atomic mass is 10.3. The SMILES string of the molecule is CCCCSc1nnc(C)n1-c1cccc(OC)c1. The molecule has 102 valence electrons. The first-order valence-electron chi connectivity index (χ1n) is 6.45. The second-order valence-electron chi connectivity index (χ2n) is 4.27. The number of hydrogen-bond acceptors (Lipinski definition) is 4. The number of aryl methyl sites for hydroxylation is 1. The van der Waals surface area contributed by atoms with Gasteiger partial charge in [-0.25, -0.2) is 0 Å². The van der Waals surface area contributed by atoms with E-state index in [1.807, 2.05) is 31.2 Å². The monoisotopic (exact) mass is 277 g/mol. The van der Waals surface area contributed by atoms with Crippen molar-refractivity contribution in [1.29, 1.82) is 0 Å². The molecule has 2 aromatic rings. The van der Waals surface area contributed by atoms with Crippen LogP contribution in [0.15, 0.2) is 29.4 Å². The van der Waals surface area contributed by atoms with E-state index in [0.717, 1.165) is 28.2 Å². The van der Waals surface area contributed by atoms with Crippen LogP contribution in [0, 0.1) is 6.92 Å². The van der Waals surface area contributed by atoms with E-state index in [1.54, 1.807) is 18.9 Å². The Kier molecular flexibility index (Phi) is 4.85. The summed E-state index contributed by atoms with van der Waals surface area (Å²) in [5.41, 5.74) is 1.04. The van der Waals surface area contributed by atoms with E-state index in [0.29, 0.717) is 0 Å². The molecule has 0 atom stereocenters. The van der Waals surface area contributed by atoms with E-state index in [4.69, 9.17) is 4.74 Å². The summed E-state index contributed by atoms with van der Waals surface area (Å²) in [4.78, 5) is 0. The molecular weight excluding hydrogens is 258 g/mol. The third-order valence-electron chi connectivity index (χ3n) is 2.84. The van der Waals surface area contributed by atoms with Crippen LogP contribution in [0.2, 0.25) is 0 Å².